The molecule has 1 aromatic carbocycles. The number of rotatable bonds is 7. The number of nitrogens with one attached hydrogen (secondary N) is 2. The van der Waals surface area contributed by atoms with Crippen LogP contribution in [0.3, 0.4) is 0 Å². The van der Waals surface area contributed by atoms with Gasteiger partial charge < -0.3 is 20.3 Å². The van der Waals surface area contributed by atoms with Crippen LogP contribution in [-0.4, -0.2) is 45.8 Å². The number of carbonyl (C=O) groups is 2. The lowest BCUT2D eigenvalue weighted by atomic mass is 10.1. The van der Waals surface area contributed by atoms with E-state index in [0.717, 1.165) is 11.1 Å². The molecule has 2 atom stereocenters. The number of carboxylic acid groups (broad SMARTS) is 1. The largest absolute Gasteiger partial charge is 0.480 e. The Morgan fingerprint density at radius 2 is 2.19 bits per heavy atom. The number of carboxylic acids is 1. The molecule has 0 unspecified atom stereocenters. The van der Waals surface area contributed by atoms with Crippen LogP contribution in [0.2, 0.25) is 0 Å². The second-order valence-corrected chi connectivity index (χ2v) is 6.48. The molecule has 1 aliphatic rings. The topological polar surface area (TPSA) is 117 Å². The first kappa shape index (κ1) is 18.1. The Kier molecular flexibility index (Phi) is 5.62. The van der Waals surface area contributed by atoms with Gasteiger partial charge in [-0.25, -0.2) is 0 Å². The van der Waals surface area contributed by atoms with Crippen molar-refractivity contribution in [3.05, 3.63) is 35.7 Å². The molecule has 1 aromatic heterocycles. The number of benzene rings is 1. The van der Waals surface area contributed by atoms with Crippen molar-refractivity contribution in [1.29, 1.82) is 0 Å². The van der Waals surface area contributed by atoms with E-state index in [4.69, 9.17) is 9.63 Å². The molecule has 26 heavy (non-hydrogen) atoms. The molecular formula is C18H22N4O4. The van der Waals surface area contributed by atoms with Gasteiger partial charge >= 0.3 is 5.97 Å². The number of carbonyl (C=O) groups excluding carboxylic acids is 1. The van der Waals surface area contributed by atoms with Gasteiger partial charge in [-0.15, -0.1) is 0 Å². The second kappa shape index (κ2) is 8.09. The fourth-order valence-electron chi connectivity index (χ4n) is 3.02. The Morgan fingerprint density at radius 3 is 2.92 bits per heavy atom. The Morgan fingerprint density at radius 1 is 1.38 bits per heavy atom. The number of nitrogens with zero attached hydrogens (tertiary/aromatic N) is 2. The highest BCUT2D eigenvalue weighted by Gasteiger charge is 2.29. The van der Waals surface area contributed by atoms with Gasteiger partial charge in [-0.05, 0) is 25.3 Å². The molecule has 0 radical (unpaired) electrons. The monoisotopic (exact) mass is 358 g/mol. The van der Waals surface area contributed by atoms with Gasteiger partial charge in [-0.1, -0.05) is 29.4 Å². The molecule has 2 heterocycles. The van der Waals surface area contributed by atoms with Crippen LogP contribution in [-0.2, 0) is 16.0 Å². The summed E-state index contributed by atoms with van der Waals surface area (Å²) in [5, 5.41) is 18.7. The van der Waals surface area contributed by atoms with E-state index in [1.54, 1.807) is 0 Å². The molecule has 3 N–H and O–H groups in total. The number of aromatic nitrogens is 2. The molecule has 138 valence electrons. The Balaban J connectivity index is 1.43. The summed E-state index contributed by atoms with van der Waals surface area (Å²) in [5.41, 5.74) is 2.01. The molecule has 1 amide bonds. The standard InChI is InChI=1S/C18H22N4O4/c1-11-5-2-3-6-13(11)17-21-16(26-22-17)8-4-7-15(23)20-12-9-14(18(24)25)19-10-12/h2-3,5-6,12,14,19H,4,7-10H2,1H3,(H,20,23)(H,24,25)/t12-,14-/m0/s1. The quantitative estimate of drug-likeness (QED) is 0.683. The first-order chi connectivity index (χ1) is 12.5. The minimum absolute atomic E-state index is 0.0959. The SMILES string of the molecule is Cc1ccccc1-c1noc(CCCC(=O)N[C@@H]2CN[C@H](C(=O)O)C2)n1. The van der Waals surface area contributed by atoms with Crippen LogP contribution in [0.1, 0.15) is 30.7 Å². The van der Waals surface area contributed by atoms with E-state index in [1.807, 2.05) is 31.2 Å². The van der Waals surface area contributed by atoms with Crippen molar-refractivity contribution in [3.63, 3.8) is 0 Å². The average Bonchev–Trinajstić information content (AvgIpc) is 3.25. The number of aryl methyl sites for hydroxylation is 2. The van der Waals surface area contributed by atoms with Crippen LogP contribution in [0, 0.1) is 6.92 Å². The maximum Gasteiger partial charge on any atom is 0.320 e. The molecule has 0 spiro atoms. The second-order valence-electron chi connectivity index (χ2n) is 6.48. The maximum atomic E-state index is 12.0. The highest BCUT2D eigenvalue weighted by Crippen LogP contribution is 2.20. The average molecular weight is 358 g/mol. The number of hydrogen-bond donors (Lipinski definition) is 3. The third-order valence-electron chi connectivity index (χ3n) is 4.44. The molecule has 0 saturated carbocycles. The fraction of sp³-hybridized carbons (Fsp3) is 0.444. The van der Waals surface area contributed by atoms with Crippen molar-refractivity contribution in [2.24, 2.45) is 0 Å². The van der Waals surface area contributed by atoms with Crippen molar-refractivity contribution in [3.8, 4) is 11.4 Å². The van der Waals surface area contributed by atoms with E-state index in [2.05, 4.69) is 20.8 Å². The van der Waals surface area contributed by atoms with E-state index in [-0.39, 0.29) is 11.9 Å². The lowest BCUT2D eigenvalue weighted by Gasteiger charge is -2.10. The molecule has 0 aliphatic carbocycles. The third kappa shape index (κ3) is 4.45. The van der Waals surface area contributed by atoms with Crippen LogP contribution in [0.5, 0.6) is 0 Å². The lowest BCUT2D eigenvalue weighted by molar-refractivity contribution is -0.139. The highest BCUT2D eigenvalue weighted by atomic mass is 16.5. The molecule has 0 bridgehead atoms. The zero-order valence-electron chi connectivity index (χ0n) is 14.6. The fourth-order valence-corrected chi connectivity index (χ4v) is 3.02. The van der Waals surface area contributed by atoms with Crippen LogP contribution in [0.15, 0.2) is 28.8 Å². The van der Waals surface area contributed by atoms with Crippen LogP contribution in [0.4, 0.5) is 0 Å². The van der Waals surface area contributed by atoms with Gasteiger partial charge in [0, 0.05) is 31.0 Å². The van der Waals surface area contributed by atoms with Crippen LogP contribution >= 0.6 is 0 Å². The molecular weight excluding hydrogens is 336 g/mol. The van der Waals surface area contributed by atoms with Gasteiger partial charge in [-0.3, -0.25) is 9.59 Å². The predicted molar refractivity (Wildman–Crippen MR) is 93.4 cm³/mol. The molecule has 8 nitrogen and oxygen atoms in total. The van der Waals surface area contributed by atoms with Crippen LogP contribution in [0.25, 0.3) is 11.4 Å². The molecule has 8 heteroatoms. The number of hydrogen-bond acceptors (Lipinski definition) is 6. The Hall–Kier alpha value is -2.74. The summed E-state index contributed by atoms with van der Waals surface area (Å²) < 4.78 is 5.26. The molecule has 1 saturated heterocycles. The van der Waals surface area contributed by atoms with E-state index in [0.29, 0.717) is 43.9 Å². The smallest absolute Gasteiger partial charge is 0.320 e. The summed E-state index contributed by atoms with van der Waals surface area (Å²) in [6, 6.07) is 7.09. The number of aliphatic carboxylic acids is 1. The summed E-state index contributed by atoms with van der Waals surface area (Å²) in [7, 11) is 0. The summed E-state index contributed by atoms with van der Waals surface area (Å²) in [4.78, 5) is 27.3. The van der Waals surface area contributed by atoms with Gasteiger partial charge in [0.2, 0.25) is 17.6 Å². The molecule has 2 aromatic rings. The predicted octanol–water partition coefficient (Wildman–Crippen LogP) is 1.30. The van der Waals surface area contributed by atoms with Gasteiger partial charge in [0.05, 0.1) is 0 Å². The van der Waals surface area contributed by atoms with Crippen molar-refractivity contribution in [1.82, 2.24) is 20.8 Å². The third-order valence-corrected chi connectivity index (χ3v) is 4.44. The van der Waals surface area contributed by atoms with E-state index >= 15 is 0 Å². The van der Waals surface area contributed by atoms with Crippen molar-refractivity contribution < 1.29 is 19.2 Å². The van der Waals surface area contributed by atoms with Crippen LogP contribution < -0.4 is 10.6 Å². The van der Waals surface area contributed by atoms with Gasteiger partial charge in [0.15, 0.2) is 0 Å². The van der Waals surface area contributed by atoms with E-state index < -0.39 is 12.0 Å². The van der Waals surface area contributed by atoms with Crippen molar-refractivity contribution in [2.45, 2.75) is 44.7 Å². The number of amides is 1. The molecule has 1 aliphatic heterocycles. The van der Waals surface area contributed by atoms with E-state index in [9.17, 15) is 9.59 Å². The minimum atomic E-state index is -0.886. The van der Waals surface area contributed by atoms with Gasteiger partial charge in [0.25, 0.3) is 0 Å². The normalized spacial score (nSPS) is 19.4. The van der Waals surface area contributed by atoms with Gasteiger partial charge in [-0.2, -0.15) is 4.98 Å². The zero-order chi connectivity index (χ0) is 18.5. The van der Waals surface area contributed by atoms with Crippen molar-refractivity contribution in [2.75, 3.05) is 6.54 Å². The first-order valence-corrected chi connectivity index (χ1v) is 8.67. The zero-order valence-corrected chi connectivity index (χ0v) is 14.6. The maximum absolute atomic E-state index is 12.0. The van der Waals surface area contributed by atoms with E-state index in [1.165, 1.54) is 0 Å². The molecule has 3 rings (SSSR count). The van der Waals surface area contributed by atoms with Gasteiger partial charge in [0.1, 0.15) is 6.04 Å². The Labute approximate surface area is 151 Å². The Bertz CT molecular complexity index is 789. The first-order valence-electron chi connectivity index (χ1n) is 8.67. The summed E-state index contributed by atoms with van der Waals surface area (Å²) in [6.07, 6.45) is 1.84. The lowest BCUT2D eigenvalue weighted by Crippen LogP contribution is -2.36. The minimum Gasteiger partial charge on any atom is -0.480 e. The van der Waals surface area contributed by atoms with Crippen molar-refractivity contribution >= 4 is 11.9 Å². The highest BCUT2D eigenvalue weighted by molar-refractivity contribution is 5.77. The molecule has 1 fully saturated rings. The summed E-state index contributed by atoms with van der Waals surface area (Å²) >= 11 is 0. The summed E-state index contributed by atoms with van der Waals surface area (Å²) in [5.74, 6) is 0.0768. The summed E-state index contributed by atoms with van der Waals surface area (Å²) in [6.45, 7) is 2.47.